The van der Waals surface area contributed by atoms with Crippen molar-refractivity contribution in [2.24, 2.45) is 0 Å². The quantitative estimate of drug-likeness (QED) is 0.179. The number of aromatic nitrogens is 1. The van der Waals surface area contributed by atoms with E-state index in [1.54, 1.807) is 24.3 Å². The molecule has 1 amide bonds. The van der Waals surface area contributed by atoms with Crippen molar-refractivity contribution in [1.29, 1.82) is 0 Å². The highest BCUT2D eigenvalue weighted by atomic mass is 32.2. The topological polar surface area (TPSA) is 67.3 Å². The fraction of sp³-hybridized carbons (Fsp3) is 0.241. The molecule has 1 aliphatic rings. The van der Waals surface area contributed by atoms with E-state index < -0.39 is 61.3 Å². The summed E-state index contributed by atoms with van der Waals surface area (Å²) < 4.78 is 134. The van der Waals surface area contributed by atoms with Crippen LogP contribution < -0.4 is 0 Å². The van der Waals surface area contributed by atoms with Crippen LogP contribution in [0.1, 0.15) is 27.9 Å². The molecule has 226 valence electrons. The van der Waals surface area contributed by atoms with E-state index in [9.17, 15) is 48.3 Å². The Kier molecular flexibility index (Phi) is 7.27. The van der Waals surface area contributed by atoms with Crippen molar-refractivity contribution in [1.82, 2.24) is 9.88 Å². The number of carbonyl (C=O) groups excluding carboxylic acids is 1. The fourth-order valence-electron chi connectivity index (χ4n) is 5.36. The average Bonchev–Trinajstić information content (AvgIpc) is 3.43. The minimum atomic E-state index is -6.37. The van der Waals surface area contributed by atoms with E-state index in [0.29, 0.717) is 23.0 Å². The molecule has 1 aliphatic heterocycles. The van der Waals surface area contributed by atoms with Crippen molar-refractivity contribution in [2.45, 2.75) is 34.1 Å². The van der Waals surface area contributed by atoms with E-state index in [4.69, 9.17) is 0 Å². The van der Waals surface area contributed by atoms with Crippen molar-refractivity contribution in [3.8, 4) is 0 Å². The number of halogens is 8. The van der Waals surface area contributed by atoms with E-state index in [0.717, 1.165) is 24.3 Å². The summed E-state index contributed by atoms with van der Waals surface area (Å²) in [5, 5.41) is 0.469. The molecule has 0 saturated carbocycles. The predicted octanol–water partition coefficient (Wildman–Crippen LogP) is 6.88. The lowest BCUT2D eigenvalue weighted by Crippen LogP contribution is -2.50. The van der Waals surface area contributed by atoms with Crippen LogP contribution in [0.4, 0.5) is 35.1 Å². The van der Waals surface area contributed by atoms with E-state index in [1.165, 1.54) is 17.2 Å². The number of sulfone groups is 1. The van der Waals surface area contributed by atoms with Gasteiger partial charge in [0.25, 0.3) is 5.91 Å². The van der Waals surface area contributed by atoms with E-state index in [-0.39, 0.29) is 36.2 Å². The summed E-state index contributed by atoms with van der Waals surface area (Å²) in [7, 11) is -4.58. The van der Waals surface area contributed by atoms with Crippen molar-refractivity contribution in [3.63, 3.8) is 0 Å². The molecule has 0 bridgehead atoms. The molecule has 2 heterocycles. The molecule has 0 aliphatic carbocycles. The van der Waals surface area contributed by atoms with Crippen LogP contribution in [-0.4, -0.2) is 49.7 Å². The molecule has 4 aromatic rings. The first kappa shape index (κ1) is 30.4. The number of hydrogen-bond donors (Lipinski definition) is 0. The van der Waals surface area contributed by atoms with Gasteiger partial charge in [-0.05, 0) is 54.4 Å². The molecule has 0 spiro atoms. The van der Waals surface area contributed by atoms with Crippen molar-refractivity contribution in [3.05, 3.63) is 108 Å². The number of amides is 1. The number of alkyl halides is 7. The molecule has 43 heavy (non-hydrogen) atoms. The van der Waals surface area contributed by atoms with Gasteiger partial charge >= 0.3 is 18.0 Å². The van der Waals surface area contributed by atoms with Gasteiger partial charge in [-0.3, -0.25) is 9.78 Å². The summed E-state index contributed by atoms with van der Waals surface area (Å²) in [4.78, 5) is 18.6. The summed E-state index contributed by atoms with van der Waals surface area (Å²) in [6.07, 6.45) is -11.5. The summed E-state index contributed by atoms with van der Waals surface area (Å²) in [6.45, 7) is -0.726. The number of hydrogen-bond acceptors (Lipinski definition) is 4. The Labute approximate surface area is 239 Å². The third-order valence-electron chi connectivity index (χ3n) is 7.62. The Morgan fingerprint density at radius 1 is 0.814 bits per heavy atom. The molecule has 14 heteroatoms. The molecular formula is C29H20F8N2O3S. The van der Waals surface area contributed by atoms with Gasteiger partial charge in [0.2, 0.25) is 0 Å². The highest BCUT2D eigenvalue weighted by Gasteiger charge is 2.73. The van der Waals surface area contributed by atoms with Crippen LogP contribution in [0.15, 0.2) is 90.0 Å². The Morgan fingerprint density at radius 2 is 1.44 bits per heavy atom. The van der Waals surface area contributed by atoms with E-state index >= 15 is 0 Å². The van der Waals surface area contributed by atoms with Crippen molar-refractivity contribution >= 4 is 26.6 Å². The van der Waals surface area contributed by atoms with Gasteiger partial charge in [-0.15, -0.1) is 0 Å². The molecule has 3 aromatic carbocycles. The zero-order chi connectivity index (χ0) is 31.4. The second-order valence-corrected chi connectivity index (χ2v) is 12.3. The largest absolute Gasteiger partial charge is 0.435 e. The van der Waals surface area contributed by atoms with Crippen LogP contribution in [0.2, 0.25) is 0 Å². The number of fused-ring (bicyclic) bond motifs is 1. The molecule has 5 rings (SSSR count). The number of benzene rings is 3. The van der Waals surface area contributed by atoms with Gasteiger partial charge in [-0.2, -0.15) is 26.3 Å². The van der Waals surface area contributed by atoms with Crippen molar-refractivity contribution in [2.75, 3.05) is 13.1 Å². The van der Waals surface area contributed by atoms with E-state index in [1.807, 2.05) is 0 Å². The zero-order valence-electron chi connectivity index (χ0n) is 21.8. The smallest absolute Gasteiger partial charge is 0.337 e. The highest BCUT2D eigenvalue weighted by molar-refractivity contribution is 7.92. The first-order valence-electron chi connectivity index (χ1n) is 12.6. The van der Waals surface area contributed by atoms with Gasteiger partial charge in [0.05, 0.1) is 10.4 Å². The highest BCUT2D eigenvalue weighted by Crippen LogP contribution is 2.54. The maximum Gasteiger partial charge on any atom is 0.435 e. The van der Waals surface area contributed by atoms with Gasteiger partial charge in [-0.25, -0.2) is 17.2 Å². The number of pyridine rings is 1. The van der Waals surface area contributed by atoms with Crippen LogP contribution in [0, 0.1) is 5.82 Å². The molecule has 1 fully saturated rings. The van der Waals surface area contributed by atoms with Gasteiger partial charge < -0.3 is 4.90 Å². The first-order chi connectivity index (χ1) is 20.0. The Hall–Kier alpha value is -4.07. The molecule has 1 saturated heterocycles. The van der Waals surface area contributed by atoms with Gasteiger partial charge in [0, 0.05) is 35.8 Å². The van der Waals surface area contributed by atoms with Gasteiger partial charge in [-0.1, -0.05) is 36.4 Å². The maximum absolute atomic E-state index is 14.7. The second-order valence-electron chi connectivity index (χ2n) is 10.0. The lowest BCUT2D eigenvalue weighted by Gasteiger charge is -2.32. The van der Waals surface area contributed by atoms with Gasteiger partial charge in [0.15, 0.2) is 9.84 Å². The number of carbonyl (C=O) groups is 1. The van der Waals surface area contributed by atoms with Crippen LogP contribution in [-0.2, 0) is 20.3 Å². The molecule has 1 unspecified atom stereocenters. The summed E-state index contributed by atoms with van der Waals surface area (Å²) >= 11 is 0. The van der Waals surface area contributed by atoms with Crippen LogP contribution in [0.5, 0.6) is 0 Å². The number of rotatable bonds is 5. The molecular weight excluding hydrogens is 608 g/mol. The summed E-state index contributed by atoms with van der Waals surface area (Å²) in [6, 6.07) is 13.5. The van der Waals surface area contributed by atoms with Crippen LogP contribution in [0.25, 0.3) is 10.9 Å². The van der Waals surface area contributed by atoms with Crippen LogP contribution >= 0.6 is 0 Å². The standard InChI is InChI=1S/C29H20F8N2O3S/c30-20-10-12-21(13-11-20)43(41,42)26(18-6-8-19(9-7-18)27(31,28(32,33)34)29(35,36)37)14-16-39(17-26)25(40)23-3-1-5-24-22(23)4-2-15-38-24/h1-13,15H,14,16-17H2. The number of likely N-dealkylation sites (tertiary alicyclic amines) is 1. The molecule has 0 N–H and O–H groups in total. The molecule has 5 nitrogen and oxygen atoms in total. The molecule has 0 radical (unpaired) electrons. The van der Waals surface area contributed by atoms with Crippen LogP contribution in [0.3, 0.4) is 0 Å². The SMILES string of the molecule is O=C(c1cccc2ncccc12)N1CCC(c2ccc(C(F)(C(F)(F)F)C(F)(F)F)cc2)(S(=O)(=O)c2ccc(F)cc2)C1. The Morgan fingerprint density at radius 3 is 2.05 bits per heavy atom. The third-order valence-corrected chi connectivity index (χ3v) is 10.1. The lowest BCUT2D eigenvalue weighted by atomic mass is 9.90. The second kappa shape index (κ2) is 10.3. The molecule has 1 atom stereocenters. The first-order valence-corrected chi connectivity index (χ1v) is 14.1. The monoisotopic (exact) mass is 628 g/mol. The lowest BCUT2D eigenvalue weighted by molar-refractivity contribution is -0.348. The van der Waals surface area contributed by atoms with E-state index in [2.05, 4.69) is 4.98 Å². The molecule has 1 aromatic heterocycles. The number of nitrogens with zero attached hydrogens (tertiary/aromatic N) is 2. The normalized spacial score (nSPS) is 18.3. The Bertz CT molecular complexity index is 1770. The zero-order valence-corrected chi connectivity index (χ0v) is 22.6. The predicted molar refractivity (Wildman–Crippen MR) is 139 cm³/mol. The minimum absolute atomic E-state index is 0.171. The third kappa shape index (κ3) is 4.81. The Balaban J connectivity index is 1.62. The fourth-order valence-corrected chi connectivity index (χ4v) is 7.43. The minimum Gasteiger partial charge on any atom is -0.337 e. The summed E-state index contributed by atoms with van der Waals surface area (Å²) in [5.74, 6) is -1.35. The van der Waals surface area contributed by atoms with Crippen molar-refractivity contribution < 1.29 is 48.3 Å². The van der Waals surface area contributed by atoms with Gasteiger partial charge in [0.1, 0.15) is 10.6 Å². The maximum atomic E-state index is 14.7. The average molecular weight is 629 g/mol. The summed E-state index contributed by atoms with van der Waals surface area (Å²) in [5.41, 5.74) is -7.12.